The first-order chi connectivity index (χ1) is 13.8. The zero-order chi connectivity index (χ0) is 21.4. The first-order valence-corrected chi connectivity index (χ1v) is 9.51. The zero-order valence-electron chi connectivity index (χ0n) is 17.0. The molecule has 0 spiro atoms. The second-order valence-electron chi connectivity index (χ2n) is 7.48. The molecular formula is C20H29N3O6. The summed E-state index contributed by atoms with van der Waals surface area (Å²) >= 11 is 0. The Balaban J connectivity index is 2.15. The van der Waals surface area contributed by atoms with E-state index in [1.54, 1.807) is 11.0 Å². The molecule has 0 aromatic heterocycles. The molecule has 1 heterocycles. The molecule has 1 aliphatic rings. The van der Waals surface area contributed by atoms with Crippen LogP contribution in [0.2, 0.25) is 0 Å². The van der Waals surface area contributed by atoms with Crippen LogP contribution >= 0.6 is 0 Å². The fourth-order valence-corrected chi connectivity index (χ4v) is 3.25. The van der Waals surface area contributed by atoms with Crippen molar-refractivity contribution in [1.29, 1.82) is 0 Å². The number of carbonyl (C=O) groups is 2. The largest absolute Gasteiger partial charge is 0.486 e. The number of amides is 1. The van der Waals surface area contributed by atoms with E-state index in [1.807, 2.05) is 32.0 Å². The van der Waals surface area contributed by atoms with Crippen molar-refractivity contribution < 1.29 is 29.0 Å². The number of amidine groups is 1. The van der Waals surface area contributed by atoms with Crippen LogP contribution in [-0.4, -0.2) is 61.4 Å². The predicted molar refractivity (Wildman–Crippen MR) is 106 cm³/mol. The Morgan fingerprint density at radius 3 is 2.76 bits per heavy atom. The fourth-order valence-electron chi connectivity index (χ4n) is 3.25. The molecule has 0 unspecified atom stereocenters. The number of carbonyl (C=O) groups excluding carboxylic acids is 2. The van der Waals surface area contributed by atoms with Gasteiger partial charge in [-0.3, -0.25) is 4.79 Å². The van der Waals surface area contributed by atoms with E-state index in [4.69, 9.17) is 25.2 Å². The molecule has 1 fully saturated rings. The molecule has 1 amide bonds. The predicted octanol–water partition coefficient (Wildman–Crippen LogP) is 2.18. The summed E-state index contributed by atoms with van der Waals surface area (Å²) in [5.74, 6) is 0.246. The Hall–Kier alpha value is -2.97. The van der Waals surface area contributed by atoms with Gasteiger partial charge in [-0.05, 0) is 29.5 Å². The Labute approximate surface area is 170 Å². The first kappa shape index (κ1) is 22.3. The van der Waals surface area contributed by atoms with E-state index in [0.29, 0.717) is 25.4 Å². The number of likely N-dealkylation sites (tertiary alicyclic amines) is 1. The number of esters is 1. The van der Waals surface area contributed by atoms with Gasteiger partial charge in [-0.25, -0.2) is 4.79 Å². The van der Waals surface area contributed by atoms with Crippen LogP contribution in [0, 0.1) is 11.8 Å². The maximum Gasteiger partial charge on any atom is 0.409 e. The highest BCUT2D eigenvalue weighted by Crippen LogP contribution is 2.36. The number of hydrogen-bond acceptors (Lipinski definition) is 7. The summed E-state index contributed by atoms with van der Waals surface area (Å²) in [6.07, 6.45) is -0.181. The Morgan fingerprint density at radius 1 is 1.34 bits per heavy atom. The third kappa shape index (κ3) is 6.55. The smallest absolute Gasteiger partial charge is 0.409 e. The van der Waals surface area contributed by atoms with Gasteiger partial charge in [0.05, 0.1) is 20.1 Å². The summed E-state index contributed by atoms with van der Waals surface area (Å²) in [5, 5.41) is 11.5. The summed E-state index contributed by atoms with van der Waals surface area (Å²) in [5.41, 5.74) is 6.37. The van der Waals surface area contributed by atoms with E-state index in [0.717, 1.165) is 5.56 Å². The van der Waals surface area contributed by atoms with Crippen molar-refractivity contribution in [2.75, 3.05) is 33.4 Å². The van der Waals surface area contributed by atoms with Crippen molar-refractivity contribution in [3.8, 4) is 5.75 Å². The van der Waals surface area contributed by atoms with Crippen LogP contribution < -0.4 is 10.5 Å². The quantitative estimate of drug-likeness (QED) is 0.222. The first-order valence-electron chi connectivity index (χ1n) is 9.51. The highest BCUT2D eigenvalue weighted by Gasteiger charge is 2.38. The maximum absolute atomic E-state index is 12.4. The highest BCUT2D eigenvalue weighted by molar-refractivity contribution is 5.81. The van der Waals surface area contributed by atoms with Gasteiger partial charge in [0, 0.05) is 19.0 Å². The molecule has 1 saturated heterocycles. The molecule has 2 rings (SSSR count). The lowest BCUT2D eigenvalue weighted by Gasteiger charge is -2.18. The number of ether oxygens (including phenoxy) is 3. The van der Waals surface area contributed by atoms with Crippen LogP contribution in [0.4, 0.5) is 4.79 Å². The molecule has 160 valence electrons. The van der Waals surface area contributed by atoms with Crippen molar-refractivity contribution in [2.24, 2.45) is 22.7 Å². The number of benzene rings is 1. The van der Waals surface area contributed by atoms with Gasteiger partial charge >= 0.3 is 12.1 Å². The molecule has 1 aromatic carbocycles. The molecule has 2 atom stereocenters. The summed E-state index contributed by atoms with van der Waals surface area (Å²) in [4.78, 5) is 25.9. The molecule has 3 N–H and O–H groups in total. The van der Waals surface area contributed by atoms with E-state index in [1.165, 1.54) is 7.11 Å². The molecule has 1 aromatic rings. The number of rotatable bonds is 8. The number of oxime groups is 1. The average molecular weight is 407 g/mol. The minimum atomic E-state index is -0.379. The average Bonchev–Trinajstić information content (AvgIpc) is 3.14. The minimum absolute atomic E-state index is 0.0427. The van der Waals surface area contributed by atoms with Gasteiger partial charge in [0.15, 0.2) is 5.84 Å². The van der Waals surface area contributed by atoms with Gasteiger partial charge < -0.3 is 30.1 Å². The number of hydrogen-bond donors (Lipinski definition) is 2. The SMILES string of the molecule is COC(=O)C[C@H]1CN(C(=O)OCC(C)C)C[C@H]1c1cccc(OCC(N)=NO)c1. The van der Waals surface area contributed by atoms with Crippen LogP contribution in [-0.2, 0) is 14.3 Å². The second-order valence-corrected chi connectivity index (χ2v) is 7.48. The summed E-state index contributed by atoms with van der Waals surface area (Å²) in [7, 11) is 1.35. The van der Waals surface area contributed by atoms with E-state index in [9.17, 15) is 9.59 Å². The lowest BCUT2D eigenvalue weighted by molar-refractivity contribution is -0.141. The standard InChI is InChI=1S/C20H29N3O6/c1-13(2)11-29-20(25)23-9-15(8-19(24)27-3)17(10-23)14-5-4-6-16(7-14)28-12-18(21)22-26/h4-7,13,15,17,26H,8-12H2,1-3H3,(H2,21,22)/t15-,17-/m0/s1. The molecule has 1 aliphatic heterocycles. The zero-order valence-corrected chi connectivity index (χ0v) is 17.0. The third-order valence-corrected chi connectivity index (χ3v) is 4.70. The molecule has 0 saturated carbocycles. The van der Waals surface area contributed by atoms with Gasteiger partial charge in [-0.2, -0.15) is 0 Å². The van der Waals surface area contributed by atoms with Crippen LogP contribution in [0.1, 0.15) is 31.7 Å². The maximum atomic E-state index is 12.4. The van der Waals surface area contributed by atoms with Gasteiger partial charge in [0.1, 0.15) is 12.4 Å². The van der Waals surface area contributed by atoms with E-state index < -0.39 is 0 Å². The summed E-state index contributed by atoms with van der Waals surface area (Å²) < 4.78 is 15.7. The normalized spacial score (nSPS) is 19.3. The minimum Gasteiger partial charge on any atom is -0.486 e. The molecule has 9 heteroatoms. The molecule has 29 heavy (non-hydrogen) atoms. The summed E-state index contributed by atoms with van der Waals surface area (Å²) in [6, 6.07) is 7.34. The number of nitrogens with two attached hydrogens (primary N) is 1. The van der Waals surface area contributed by atoms with Crippen LogP contribution in [0.5, 0.6) is 5.75 Å². The fraction of sp³-hybridized carbons (Fsp3) is 0.550. The Bertz CT molecular complexity index is 737. The molecule has 0 bridgehead atoms. The van der Waals surface area contributed by atoms with Gasteiger partial charge in [-0.1, -0.05) is 31.1 Å². The van der Waals surface area contributed by atoms with Crippen molar-refractivity contribution in [1.82, 2.24) is 4.90 Å². The molecular weight excluding hydrogens is 378 g/mol. The third-order valence-electron chi connectivity index (χ3n) is 4.70. The van der Waals surface area contributed by atoms with E-state index in [-0.39, 0.29) is 48.7 Å². The number of methoxy groups -OCH3 is 1. The van der Waals surface area contributed by atoms with Gasteiger partial charge in [-0.15, -0.1) is 0 Å². The van der Waals surface area contributed by atoms with Crippen molar-refractivity contribution in [3.05, 3.63) is 29.8 Å². The molecule has 0 aliphatic carbocycles. The second kappa shape index (κ2) is 10.5. The van der Waals surface area contributed by atoms with E-state index in [2.05, 4.69) is 5.16 Å². The van der Waals surface area contributed by atoms with Crippen molar-refractivity contribution in [2.45, 2.75) is 26.2 Å². The number of nitrogens with zero attached hydrogens (tertiary/aromatic N) is 2. The van der Waals surface area contributed by atoms with Crippen molar-refractivity contribution in [3.63, 3.8) is 0 Å². The topological polar surface area (TPSA) is 124 Å². The van der Waals surface area contributed by atoms with Crippen LogP contribution in [0.25, 0.3) is 0 Å². The van der Waals surface area contributed by atoms with Crippen LogP contribution in [0.15, 0.2) is 29.4 Å². The Morgan fingerprint density at radius 2 is 2.10 bits per heavy atom. The van der Waals surface area contributed by atoms with Gasteiger partial charge in [0.2, 0.25) is 0 Å². The monoisotopic (exact) mass is 407 g/mol. The summed E-state index contributed by atoms with van der Waals surface area (Å²) in [6.45, 7) is 5.08. The lowest BCUT2D eigenvalue weighted by Crippen LogP contribution is -2.30. The molecule has 9 nitrogen and oxygen atoms in total. The lowest BCUT2D eigenvalue weighted by atomic mass is 9.87. The van der Waals surface area contributed by atoms with Crippen molar-refractivity contribution >= 4 is 17.9 Å². The van der Waals surface area contributed by atoms with Gasteiger partial charge in [0.25, 0.3) is 0 Å². The Kier molecular flexibility index (Phi) is 8.11. The van der Waals surface area contributed by atoms with E-state index >= 15 is 0 Å². The highest BCUT2D eigenvalue weighted by atomic mass is 16.6. The molecule has 0 radical (unpaired) electrons. The van der Waals surface area contributed by atoms with Crippen LogP contribution in [0.3, 0.4) is 0 Å².